The number of rotatable bonds is 1. The largest absolute Gasteiger partial charge is 0.256 e. The van der Waals surface area contributed by atoms with Crippen LogP contribution in [0.15, 0.2) is 36.5 Å². The highest BCUT2D eigenvalue weighted by atomic mass is 14.6. The molecule has 0 amide bonds. The fourth-order valence-corrected chi connectivity index (χ4v) is 1.45. The van der Waals surface area contributed by atoms with Gasteiger partial charge >= 0.3 is 0 Å². The minimum absolute atomic E-state index is 0.154. The van der Waals surface area contributed by atoms with E-state index in [2.05, 4.69) is 29.1 Å². The summed E-state index contributed by atoms with van der Waals surface area (Å²) in [6.45, 7) is 2.02. The molecule has 1 heterocycles. The first-order valence-electron chi connectivity index (χ1n) is 4.62. The summed E-state index contributed by atoms with van der Waals surface area (Å²) in [5.74, 6) is 2.87. The first-order valence-corrected chi connectivity index (χ1v) is 4.62. The number of terminal acetylenes is 1. The summed E-state index contributed by atoms with van der Waals surface area (Å²) >= 11 is 0. The molecule has 1 heteroatoms. The fourth-order valence-electron chi connectivity index (χ4n) is 1.45. The molecule has 14 heavy (non-hydrogen) atoms. The van der Waals surface area contributed by atoms with E-state index < -0.39 is 0 Å². The van der Waals surface area contributed by atoms with Crippen LogP contribution in [0.3, 0.4) is 0 Å². The van der Waals surface area contributed by atoms with E-state index in [1.165, 1.54) is 0 Å². The third kappa shape index (κ3) is 1.47. The predicted octanol–water partition coefficient (Wildman–Crippen LogP) is 2.97. The summed E-state index contributed by atoms with van der Waals surface area (Å²) in [6.07, 6.45) is 7.18. The Bertz CT molecular complexity index is 494. The number of aromatic nitrogens is 1. The highest BCUT2D eigenvalue weighted by Crippen LogP contribution is 2.19. The zero-order valence-corrected chi connectivity index (χ0v) is 8.07. The molecule has 0 aliphatic rings. The zero-order chi connectivity index (χ0) is 9.97. The van der Waals surface area contributed by atoms with Crippen LogP contribution < -0.4 is 0 Å². The van der Waals surface area contributed by atoms with E-state index in [4.69, 9.17) is 6.42 Å². The molecule has 2 aromatic rings. The van der Waals surface area contributed by atoms with Gasteiger partial charge in [0.05, 0.1) is 5.52 Å². The molecule has 0 radical (unpaired) electrons. The normalized spacial score (nSPS) is 12.3. The topological polar surface area (TPSA) is 12.9 Å². The summed E-state index contributed by atoms with van der Waals surface area (Å²) in [6, 6.07) is 10.2. The van der Waals surface area contributed by atoms with E-state index in [-0.39, 0.29) is 5.92 Å². The van der Waals surface area contributed by atoms with Gasteiger partial charge in [-0.1, -0.05) is 24.1 Å². The second kappa shape index (κ2) is 3.51. The summed E-state index contributed by atoms with van der Waals surface area (Å²) in [5, 5.41) is 1.15. The van der Waals surface area contributed by atoms with Gasteiger partial charge in [0.1, 0.15) is 0 Å². The molecule has 1 aromatic carbocycles. The van der Waals surface area contributed by atoms with Crippen molar-refractivity contribution in [1.29, 1.82) is 0 Å². The third-order valence-electron chi connectivity index (χ3n) is 2.38. The van der Waals surface area contributed by atoms with Gasteiger partial charge in [0.2, 0.25) is 0 Å². The van der Waals surface area contributed by atoms with Gasteiger partial charge in [0.15, 0.2) is 0 Å². The summed E-state index contributed by atoms with van der Waals surface area (Å²) in [7, 11) is 0. The zero-order valence-electron chi connectivity index (χ0n) is 8.07. The smallest absolute Gasteiger partial charge is 0.0705 e. The lowest BCUT2D eigenvalue weighted by Crippen LogP contribution is -1.89. The van der Waals surface area contributed by atoms with E-state index >= 15 is 0 Å². The summed E-state index contributed by atoms with van der Waals surface area (Å²) in [5.41, 5.74) is 2.16. The number of hydrogen-bond donors (Lipinski definition) is 0. The second-order valence-electron chi connectivity index (χ2n) is 3.34. The van der Waals surface area contributed by atoms with E-state index in [9.17, 15) is 0 Å². The number of pyridine rings is 1. The Morgan fingerprint density at radius 3 is 3.00 bits per heavy atom. The monoisotopic (exact) mass is 181 g/mol. The molecule has 0 N–H and O–H groups in total. The Balaban J connectivity index is 2.58. The molecule has 0 aliphatic heterocycles. The van der Waals surface area contributed by atoms with Crippen molar-refractivity contribution < 1.29 is 0 Å². The van der Waals surface area contributed by atoms with Gasteiger partial charge in [-0.05, 0) is 24.6 Å². The van der Waals surface area contributed by atoms with Crippen molar-refractivity contribution in [3.8, 4) is 12.3 Å². The van der Waals surface area contributed by atoms with Crippen molar-refractivity contribution in [3.05, 3.63) is 42.1 Å². The predicted molar refractivity (Wildman–Crippen MR) is 59.0 cm³/mol. The molecule has 0 aliphatic carbocycles. The van der Waals surface area contributed by atoms with Crippen molar-refractivity contribution in [2.75, 3.05) is 0 Å². The van der Waals surface area contributed by atoms with Crippen LogP contribution in [0.2, 0.25) is 0 Å². The van der Waals surface area contributed by atoms with Crippen LogP contribution in [0.4, 0.5) is 0 Å². The second-order valence-corrected chi connectivity index (χ2v) is 3.34. The van der Waals surface area contributed by atoms with Crippen LogP contribution in [0.5, 0.6) is 0 Å². The van der Waals surface area contributed by atoms with Crippen molar-refractivity contribution in [2.45, 2.75) is 12.8 Å². The Morgan fingerprint density at radius 2 is 2.21 bits per heavy atom. The van der Waals surface area contributed by atoms with Gasteiger partial charge in [-0.3, -0.25) is 4.98 Å². The van der Waals surface area contributed by atoms with Gasteiger partial charge in [0.25, 0.3) is 0 Å². The molecule has 68 valence electrons. The van der Waals surface area contributed by atoms with Gasteiger partial charge in [-0.15, -0.1) is 6.42 Å². The van der Waals surface area contributed by atoms with Crippen LogP contribution in [-0.4, -0.2) is 4.98 Å². The molecule has 1 aromatic heterocycles. The number of fused-ring (bicyclic) bond motifs is 1. The molecular weight excluding hydrogens is 170 g/mol. The Kier molecular flexibility index (Phi) is 2.20. The number of nitrogens with zero attached hydrogens (tertiary/aromatic N) is 1. The van der Waals surface area contributed by atoms with Crippen LogP contribution in [0.25, 0.3) is 10.9 Å². The van der Waals surface area contributed by atoms with Crippen LogP contribution in [0, 0.1) is 12.3 Å². The third-order valence-corrected chi connectivity index (χ3v) is 2.38. The van der Waals surface area contributed by atoms with E-state index in [0.717, 1.165) is 16.5 Å². The average Bonchev–Trinajstić information content (AvgIpc) is 2.27. The molecule has 1 nitrogen and oxygen atoms in total. The quantitative estimate of drug-likeness (QED) is 0.616. The highest BCUT2D eigenvalue weighted by molar-refractivity contribution is 5.79. The molecule has 0 bridgehead atoms. The van der Waals surface area contributed by atoms with Crippen LogP contribution >= 0.6 is 0 Å². The summed E-state index contributed by atoms with van der Waals surface area (Å²) < 4.78 is 0. The van der Waals surface area contributed by atoms with Crippen molar-refractivity contribution in [2.24, 2.45) is 0 Å². The van der Waals surface area contributed by atoms with E-state index in [1.807, 2.05) is 19.1 Å². The first-order chi connectivity index (χ1) is 6.81. The minimum atomic E-state index is 0.154. The van der Waals surface area contributed by atoms with Gasteiger partial charge < -0.3 is 0 Å². The van der Waals surface area contributed by atoms with Crippen molar-refractivity contribution in [1.82, 2.24) is 4.98 Å². The SMILES string of the molecule is C#CC(C)c1ccc2cccnc2c1. The van der Waals surface area contributed by atoms with Crippen LogP contribution in [-0.2, 0) is 0 Å². The maximum atomic E-state index is 5.38. The van der Waals surface area contributed by atoms with Crippen molar-refractivity contribution in [3.63, 3.8) is 0 Å². The molecule has 0 fully saturated rings. The van der Waals surface area contributed by atoms with Crippen LogP contribution in [0.1, 0.15) is 18.4 Å². The molecule has 2 rings (SSSR count). The lowest BCUT2D eigenvalue weighted by atomic mass is 10.0. The first kappa shape index (κ1) is 8.77. The molecular formula is C13H11N. The number of benzene rings is 1. The molecule has 1 unspecified atom stereocenters. The standard InChI is InChI=1S/C13H11N/c1-3-10(2)12-7-6-11-5-4-8-14-13(11)9-12/h1,4-10H,2H3. The van der Waals surface area contributed by atoms with Crippen molar-refractivity contribution >= 4 is 10.9 Å². The van der Waals surface area contributed by atoms with Gasteiger partial charge in [0, 0.05) is 17.5 Å². The lowest BCUT2D eigenvalue weighted by Gasteiger charge is -2.05. The maximum Gasteiger partial charge on any atom is 0.0705 e. The Morgan fingerprint density at radius 1 is 1.36 bits per heavy atom. The average molecular weight is 181 g/mol. The summed E-state index contributed by atoms with van der Waals surface area (Å²) in [4.78, 5) is 4.29. The highest BCUT2D eigenvalue weighted by Gasteiger charge is 2.02. The fraction of sp³-hybridized carbons (Fsp3) is 0.154. The molecule has 1 atom stereocenters. The molecule has 0 spiro atoms. The Labute approximate surface area is 83.8 Å². The number of hydrogen-bond acceptors (Lipinski definition) is 1. The molecule has 0 saturated carbocycles. The lowest BCUT2D eigenvalue weighted by molar-refractivity contribution is 1.01. The van der Waals surface area contributed by atoms with E-state index in [0.29, 0.717) is 0 Å². The maximum absolute atomic E-state index is 5.38. The molecule has 0 saturated heterocycles. The van der Waals surface area contributed by atoms with Gasteiger partial charge in [-0.2, -0.15) is 0 Å². The Hall–Kier alpha value is -1.81. The van der Waals surface area contributed by atoms with Gasteiger partial charge in [-0.25, -0.2) is 0 Å². The minimum Gasteiger partial charge on any atom is -0.256 e. The van der Waals surface area contributed by atoms with E-state index in [1.54, 1.807) is 6.20 Å².